The summed E-state index contributed by atoms with van der Waals surface area (Å²) < 4.78 is 0. The second-order valence-corrected chi connectivity index (χ2v) is 8.80. The highest BCUT2D eigenvalue weighted by Crippen LogP contribution is 2.26. The fourth-order valence-electron chi connectivity index (χ4n) is 2.83. The highest BCUT2D eigenvalue weighted by atomic mass is 32.2. The number of nitrogens with one attached hydrogen (secondary N) is 2. The van der Waals surface area contributed by atoms with Gasteiger partial charge in [-0.15, -0.1) is 11.8 Å². The van der Waals surface area contributed by atoms with E-state index in [-0.39, 0.29) is 17.4 Å². The number of carbonyl (C=O) groups excluding carboxylic acids is 1. The van der Waals surface area contributed by atoms with Gasteiger partial charge in [0.15, 0.2) is 5.82 Å². The molecule has 6 heteroatoms. The molecule has 0 aliphatic rings. The average molecular weight is 395 g/mol. The number of thioether (sulfide) groups is 1. The van der Waals surface area contributed by atoms with Gasteiger partial charge in [-0.3, -0.25) is 9.89 Å². The number of aryl methyl sites for hydroxylation is 1. The minimum atomic E-state index is -0.373. The van der Waals surface area contributed by atoms with Crippen molar-refractivity contribution in [2.24, 2.45) is 0 Å². The van der Waals surface area contributed by atoms with Crippen molar-refractivity contribution in [2.75, 3.05) is 5.75 Å². The summed E-state index contributed by atoms with van der Waals surface area (Å²) in [6.45, 7) is 8.42. The monoisotopic (exact) mass is 394 g/mol. The van der Waals surface area contributed by atoms with E-state index in [2.05, 4.69) is 65.5 Å². The lowest BCUT2D eigenvalue weighted by Gasteiger charge is -2.19. The number of nitrogens with zero attached hydrogens (tertiary/aromatic N) is 2. The number of hydrogen-bond donors (Lipinski definition) is 2. The normalized spacial score (nSPS) is 12.6. The Morgan fingerprint density at radius 1 is 1.11 bits per heavy atom. The maximum absolute atomic E-state index is 12.6. The minimum absolute atomic E-state index is 0.0544. The smallest absolute Gasteiger partial charge is 0.231 e. The number of carbonyl (C=O) groups is 1. The Labute approximate surface area is 170 Å². The lowest BCUT2D eigenvalue weighted by molar-refractivity contribution is -0.119. The van der Waals surface area contributed by atoms with Crippen molar-refractivity contribution in [1.82, 2.24) is 20.5 Å². The van der Waals surface area contributed by atoms with Crippen LogP contribution in [-0.4, -0.2) is 26.8 Å². The molecule has 1 atom stereocenters. The molecular formula is C22H26N4OS. The Hall–Kier alpha value is -2.60. The first-order chi connectivity index (χ1) is 13.3. The Morgan fingerprint density at radius 3 is 2.36 bits per heavy atom. The lowest BCUT2D eigenvalue weighted by Crippen LogP contribution is -2.31. The molecule has 0 saturated heterocycles. The van der Waals surface area contributed by atoms with E-state index in [9.17, 15) is 4.79 Å². The van der Waals surface area contributed by atoms with Crippen LogP contribution in [0.15, 0.2) is 59.5 Å². The van der Waals surface area contributed by atoms with Crippen molar-refractivity contribution < 1.29 is 4.79 Å². The first-order valence-electron chi connectivity index (χ1n) is 9.29. The van der Waals surface area contributed by atoms with Crippen LogP contribution in [0, 0.1) is 6.92 Å². The Morgan fingerprint density at radius 2 is 1.79 bits per heavy atom. The van der Waals surface area contributed by atoms with Crippen LogP contribution >= 0.6 is 11.8 Å². The molecule has 3 aromatic rings. The van der Waals surface area contributed by atoms with Gasteiger partial charge in [0.2, 0.25) is 5.91 Å². The summed E-state index contributed by atoms with van der Waals surface area (Å²) in [5.41, 5.74) is 2.36. The third-order valence-corrected chi connectivity index (χ3v) is 5.41. The fraction of sp³-hybridized carbons (Fsp3) is 0.318. The molecular weight excluding hydrogens is 368 g/mol. The SMILES string of the molecule is Cc1nc(C(NC(=O)CSc2ccc(C(C)(C)C)cc2)c2ccccc2)n[nH]1. The molecule has 2 aromatic carbocycles. The first kappa shape index (κ1) is 20.1. The van der Waals surface area contributed by atoms with Crippen LogP contribution in [0.4, 0.5) is 0 Å². The van der Waals surface area contributed by atoms with Crippen LogP contribution in [0.1, 0.15) is 49.6 Å². The van der Waals surface area contributed by atoms with Gasteiger partial charge in [0, 0.05) is 4.90 Å². The zero-order valence-corrected chi connectivity index (χ0v) is 17.5. The maximum atomic E-state index is 12.6. The van der Waals surface area contributed by atoms with Gasteiger partial charge >= 0.3 is 0 Å². The van der Waals surface area contributed by atoms with Crippen LogP contribution in [-0.2, 0) is 10.2 Å². The molecule has 0 saturated carbocycles. The topological polar surface area (TPSA) is 70.7 Å². The number of aromatic amines is 1. The van der Waals surface area contributed by atoms with Crippen molar-refractivity contribution in [3.05, 3.63) is 77.4 Å². The van der Waals surface area contributed by atoms with Crippen molar-refractivity contribution in [1.29, 1.82) is 0 Å². The van der Waals surface area contributed by atoms with E-state index in [4.69, 9.17) is 0 Å². The summed E-state index contributed by atoms with van der Waals surface area (Å²) in [7, 11) is 0. The lowest BCUT2D eigenvalue weighted by atomic mass is 9.87. The Balaban J connectivity index is 1.66. The maximum Gasteiger partial charge on any atom is 0.231 e. The van der Waals surface area contributed by atoms with E-state index in [1.165, 1.54) is 17.3 Å². The molecule has 1 heterocycles. The van der Waals surface area contributed by atoms with Gasteiger partial charge < -0.3 is 5.32 Å². The first-order valence-corrected chi connectivity index (χ1v) is 10.3. The third kappa shape index (κ3) is 5.23. The van der Waals surface area contributed by atoms with Crippen LogP contribution < -0.4 is 5.32 Å². The van der Waals surface area contributed by atoms with Crippen molar-refractivity contribution in [3.8, 4) is 0 Å². The van der Waals surface area contributed by atoms with E-state index in [1.54, 1.807) is 0 Å². The molecule has 1 amide bonds. The number of benzene rings is 2. The van der Waals surface area contributed by atoms with Gasteiger partial charge in [0.25, 0.3) is 0 Å². The van der Waals surface area contributed by atoms with Crippen LogP contribution in [0.2, 0.25) is 0 Å². The molecule has 0 aliphatic carbocycles. The molecule has 2 N–H and O–H groups in total. The van der Waals surface area contributed by atoms with E-state index in [0.29, 0.717) is 11.6 Å². The van der Waals surface area contributed by atoms with E-state index < -0.39 is 0 Å². The Bertz CT molecular complexity index is 914. The van der Waals surface area contributed by atoms with Gasteiger partial charge in [-0.1, -0.05) is 63.2 Å². The quantitative estimate of drug-likeness (QED) is 0.608. The zero-order chi connectivity index (χ0) is 20.1. The van der Waals surface area contributed by atoms with Crippen LogP contribution in [0.3, 0.4) is 0 Å². The molecule has 1 unspecified atom stereocenters. The van der Waals surface area contributed by atoms with Gasteiger partial charge in [-0.2, -0.15) is 5.10 Å². The molecule has 28 heavy (non-hydrogen) atoms. The number of amides is 1. The van der Waals surface area contributed by atoms with Crippen LogP contribution in [0.5, 0.6) is 0 Å². The highest BCUT2D eigenvalue weighted by Gasteiger charge is 2.21. The number of aromatic nitrogens is 3. The number of rotatable bonds is 6. The molecule has 5 nitrogen and oxygen atoms in total. The Kier molecular flexibility index (Phi) is 6.19. The molecule has 0 aliphatic heterocycles. The molecule has 1 aromatic heterocycles. The zero-order valence-electron chi connectivity index (χ0n) is 16.7. The number of hydrogen-bond acceptors (Lipinski definition) is 4. The van der Waals surface area contributed by atoms with Crippen LogP contribution in [0.25, 0.3) is 0 Å². The summed E-state index contributed by atoms with van der Waals surface area (Å²) in [5, 5.41) is 10.2. The largest absolute Gasteiger partial charge is 0.341 e. The summed E-state index contributed by atoms with van der Waals surface area (Å²) in [6.07, 6.45) is 0. The van der Waals surface area contributed by atoms with Crippen molar-refractivity contribution in [3.63, 3.8) is 0 Å². The van der Waals surface area contributed by atoms with E-state index in [0.717, 1.165) is 16.3 Å². The average Bonchev–Trinajstić information content (AvgIpc) is 3.11. The third-order valence-electron chi connectivity index (χ3n) is 4.40. The molecule has 0 bridgehead atoms. The predicted octanol–water partition coefficient (Wildman–Crippen LogP) is 4.41. The predicted molar refractivity (Wildman–Crippen MR) is 113 cm³/mol. The van der Waals surface area contributed by atoms with Gasteiger partial charge in [0.1, 0.15) is 11.9 Å². The molecule has 0 spiro atoms. The molecule has 3 rings (SSSR count). The van der Waals surface area contributed by atoms with Gasteiger partial charge in [-0.05, 0) is 35.6 Å². The van der Waals surface area contributed by atoms with Crippen molar-refractivity contribution >= 4 is 17.7 Å². The minimum Gasteiger partial charge on any atom is -0.341 e. The fourth-order valence-corrected chi connectivity index (χ4v) is 3.54. The summed E-state index contributed by atoms with van der Waals surface area (Å²) in [5.74, 6) is 1.57. The van der Waals surface area contributed by atoms with Gasteiger partial charge in [-0.25, -0.2) is 4.98 Å². The molecule has 0 fully saturated rings. The summed E-state index contributed by atoms with van der Waals surface area (Å²) >= 11 is 1.52. The van der Waals surface area contributed by atoms with Gasteiger partial charge in [0.05, 0.1) is 5.75 Å². The summed E-state index contributed by atoms with van der Waals surface area (Å²) in [6, 6.07) is 17.8. The van der Waals surface area contributed by atoms with E-state index >= 15 is 0 Å². The van der Waals surface area contributed by atoms with E-state index in [1.807, 2.05) is 37.3 Å². The molecule has 146 valence electrons. The van der Waals surface area contributed by atoms with Crippen molar-refractivity contribution in [2.45, 2.75) is 44.0 Å². The number of H-pyrrole nitrogens is 1. The molecule has 0 radical (unpaired) electrons. The second-order valence-electron chi connectivity index (χ2n) is 7.75. The highest BCUT2D eigenvalue weighted by molar-refractivity contribution is 8.00. The summed E-state index contributed by atoms with van der Waals surface area (Å²) in [4.78, 5) is 18.1. The standard InChI is InChI=1S/C22H26N4OS/c1-15-23-21(26-25-15)20(16-8-6-5-7-9-16)24-19(27)14-28-18-12-10-17(11-13-18)22(2,3)4/h5-13,20H,14H2,1-4H3,(H,24,27)(H,23,25,26). The second kappa shape index (κ2) is 8.61.